The lowest BCUT2D eigenvalue weighted by Gasteiger charge is -2.11. The quantitative estimate of drug-likeness (QED) is 0.110. The Morgan fingerprint density at radius 1 is 0.927 bits per heavy atom. The van der Waals surface area contributed by atoms with E-state index >= 15 is 0 Å². The molecule has 8 nitrogen and oxygen atoms in total. The zero-order valence-electron chi connectivity index (χ0n) is 22.1. The molecule has 0 bridgehead atoms. The first-order chi connectivity index (χ1) is 20.1. The van der Waals surface area contributed by atoms with Gasteiger partial charge in [0, 0.05) is 16.3 Å². The average molecular weight is 584 g/mol. The van der Waals surface area contributed by atoms with Crippen LogP contribution in [0, 0.1) is 0 Å². The molecule has 206 valence electrons. The van der Waals surface area contributed by atoms with Crippen molar-refractivity contribution in [3.8, 4) is 28.6 Å². The SMILES string of the molecule is COc1ccc(-c2nnc(SCC(=O)N/N=C/c3ccc(OCc4ccccc4)cc3)n2-c2ccc(Cl)cc2)cc1. The maximum Gasteiger partial charge on any atom is 0.250 e. The van der Waals surface area contributed by atoms with E-state index in [0.717, 1.165) is 33.9 Å². The summed E-state index contributed by atoms with van der Waals surface area (Å²) >= 11 is 7.37. The third-order valence-electron chi connectivity index (χ3n) is 5.93. The minimum absolute atomic E-state index is 0.0952. The van der Waals surface area contributed by atoms with Gasteiger partial charge in [0.15, 0.2) is 11.0 Å². The molecule has 4 aromatic carbocycles. The Hall–Kier alpha value is -4.60. The molecule has 1 amide bonds. The Bertz CT molecular complexity index is 1610. The highest BCUT2D eigenvalue weighted by molar-refractivity contribution is 7.99. The topological polar surface area (TPSA) is 90.6 Å². The second kappa shape index (κ2) is 13.6. The van der Waals surface area contributed by atoms with Crippen molar-refractivity contribution < 1.29 is 14.3 Å². The number of ether oxygens (including phenoxy) is 2. The molecule has 1 aromatic heterocycles. The third-order valence-corrected chi connectivity index (χ3v) is 7.11. The third kappa shape index (κ3) is 7.53. The van der Waals surface area contributed by atoms with Crippen LogP contribution in [-0.4, -0.2) is 39.7 Å². The van der Waals surface area contributed by atoms with Gasteiger partial charge >= 0.3 is 0 Å². The van der Waals surface area contributed by atoms with E-state index in [1.165, 1.54) is 11.8 Å². The van der Waals surface area contributed by atoms with Crippen molar-refractivity contribution in [1.29, 1.82) is 0 Å². The highest BCUT2D eigenvalue weighted by Crippen LogP contribution is 2.29. The summed E-state index contributed by atoms with van der Waals surface area (Å²) in [5, 5.41) is 14.0. The predicted octanol–water partition coefficient (Wildman–Crippen LogP) is 6.42. The number of carbonyl (C=O) groups is 1. The second-order valence-corrected chi connectivity index (χ2v) is 10.2. The van der Waals surface area contributed by atoms with Gasteiger partial charge in [-0.2, -0.15) is 5.10 Å². The van der Waals surface area contributed by atoms with E-state index in [1.54, 1.807) is 25.5 Å². The number of halogens is 1. The molecule has 0 aliphatic rings. The Balaban J connectivity index is 1.20. The second-order valence-electron chi connectivity index (χ2n) is 8.77. The van der Waals surface area contributed by atoms with Gasteiger partial charge in [0.05, 0.1) is 19.1 Å². The van der Waals surface area contributed by atoms with Crippen LogP contribution < -0.4 is 14.9 Å². The molecule has 0 saturated heterocycles. The van der Waals surface area contributed by atoms with E-state index < -0.39 is 0 Å². The van der Waals surface area contributed by atoms with Crippen molar-refractivity contribution >= 4 is 35.5 Å². The lowest BCUT2D eigenvalue weighted by atomic mass is 10.2. The predicted molar refractivity (Wildman–Crippen MR) is 162 cm³/mol. The number of rotatable bonds is 11. The van der Waals surface area contributed by atoms with Gasteiger partial charge in [-0.25, -0.2) is 5.43 Å². The van der Waals surface area contributed by atoms with Crippen LogP contribution in [0.2, 0.25) is 5.02 Å². The maximum atomic E-state index is 12.6. The normalized spacial score (nSPS) is 11.0. The van der Waals surface area contributed by atoms with Crippen LogP contribution in [0.1, 0.15) is 11.1 Å². The van der Waals surface area contributed by atoms with Crippen molar-refractivity contribution in [2.24, 2.45) is 5.10 Å². The molecule has 0 aliphatic heterocycles. The van der Waals surface area contributed by atoms with Crippen molar-refractivity contribution in [3.05, 3.63) is 119 Å². The first kappa shape index (κ1) is 27.9. The van der Waals surface area contributed by atoms with Gasteiger partial charge in [0.1, 0.15) is 18.1 Å². The monoisotopic (exact) mass is 583 g/mol. The summed E-state index contributed by atoms with van der Waals surface area (Å²) < 4.78 is 13.0. The molecule has 5 aromatic rings. The van der Waals surface area contributed by atoms with Crippen LogP contribution in [0.15, 0.2) is 113 Å². The fourth-order valence-corrected chi connectivity index (χ4v) is 4.72. The summed E-state index contributed by atoms with van der Waals surface area (Å²) in [5.74, 6) is 1.95. The molecular weight excluding hydrogens is 558 g/mol. The van der Waals surface area contributed by atoms with Crippen LogP contribution in [0.5, 0.6) is 11.5 Å². The number of nitrogens with zero attached hydrogens (tertiary/aromatic N) is 4. The molecule has 1 N–H and O–H groups in total. The van der Waals surface area contributed by atoms with Crippen molar-refractivity contribution in [1.82, 2.24) is 20.2 Å². The minimum atomic E-state index is -0.272. The lowest BCUT2D eigenvalue weighted by molar-refractivity contribution is -0.118. The zero-order valence-corrected chi connectivity index (χ0v) is 23.7. The van der Waals surface area contributed by atoms with Crippen LogP contribution >= 0.6 is 23.4 Å². The number of methoxy groups -OCH3 is 1. The number of hydrogen-bond acceptors (Lipinski definition) is 7. The van der Waals surface area contributed by atoms with Crippen molar-refractivity contribution in [3.63, 3.8) is 0 Å². The Morgan fingerprint density at radius 2 is 1.63 bits per heavy atom. The van der Waals surface area contributed by atoms with Crippen LogP contribution in [-0.2, 0) is 11.4 Å². The molecule has 41 heavy (non-hydrogen) atoms. The molecule has 0 atom stereocenters. The number of carbonyl (C=O) groups excluding carboxylic acids is 1. The fraction of sp³-hybridized carbons (Fsp3) is 0.0968. The number of aromatic nitrogens is 3. The molecule has 0 fully saturated rings. The van der Waals surface area contributed by atoms with Crippen molar-refractivity contribution in [2.45, 2.75) is 11.8 Å². The number of nitrogens with one attached hydrogen (secondary N) is 1. The highest BCUT2D eigenvalue weighted by Gasteiger charge is 2.17. The zero-order chi connectivity index (χ0) is 28.4. The van der Waals surface area contributed by atoms with E-state index in [0.29, 0.717) is 22.6 Å². The van der Waals surface area contributed by atoms with Gasteiger partial charge in [-0.05, 0) is 83.9 Å². The Labute approximate surface area is 247 Å². The number of amides is 1. The van der Waals surface area contributed by atoms with Gasteiger partial charge in [-0.1, -0.05) is 53.7 Å². The summed E-state index contributed by atoms with van der Waals surface area (Å²) in [4.78, 5) is 12.6. The summed E-state index contributed by atoms with van der Waals surface area (Å²) in [6.07, 6.45) is 1.58. The molecule has 5 rings (SSSR count). The van der Waals surface area contributed by atoms with Crippen LogP contribution in [0.4, 0.5) is 0 Å². The number of thioether (sulfide) groups is 1. The van der Waals surface area contributed by atoms with Crippen molar-refractivity contribution in [2.75, 3.05) is 12.9 Å². The summed E-state index contributed by atoms with van der Waals surface area (Å²) in [6.45, 7) is 0.495. The largest absolute Gasteiger partial charge is 0.497 e. The Kier molecular flexibility index (Phi) is 9.30. The Morgan fingerprint density at radius 3 is 2.34 bits per heavy atom. The first-order valence-electron chi connectivity index (χ1n) is 12.7. The standard InChI is InChI=1S/C31H26ClN5O3S/c1-39-27-17-9-24(10-18-27)30-35-36-31(37(30)26-13-11-25(32)12-14-26)41-21-29(38)34-33-19-22-7-15-28(16-8-22)40-20-23-5-3-2-4-6-23/h2-19H,20-21H2,1H3,(H,34,38)/b33-19+. The summed E-state index contributed by atoms with van der Waals surface area (Å²) in [7, 11) is 1.62. The van der Waals surface area contributed by atoms with Gasteiger partial charge in [0.2, 0.25) is 0 Å². The van der Waals surface area contributed by atoms with Crippen LogP contribution in [0.25, 0.3) is 17.1 Å². The summed E-state index contributed by atoms with van der Waals surface area (Å²) in [6, 6.07) is 32.4. The molecule has 0 saturated carbocycles. The summed E-state index contributed by atoms with van der Waals surface area (Å²) in [5.41, 5.74) is 6.17. The van der Waals surface area contributed by atoms with Gasteiger partial charge in [-0.3, -0.25) is 9.36 Å². The molecule has 1 heterocycles. The smallest absolute Gasteiger partial charge is 0.250 e. The fourth-order valence-electron chi connectivity index (χ4n) is 3.85. The number of hydrogen-bond donors (Lipinski definition) is 1. The first-order valence-corrected chi connectivity index (χ1v) is 14.0. The average Bonchev–Trinajstić information content (AvgIpc) is 3.44. The van der Waals surface area contributed by atoms with Gasteiger partial charge in [-0.15, -0.1) is 10.2 Å². The minimum Gasteiger partial charge on any atom is -0.497 e. The molecular formula is C31H26ClN5O3S. The maximum absolute atomic E-state index is 12.6. The van der Waals surface area contributed by atoms with E-state index in [-0.39, 0.29) is 11.7 Å². The number of benzene rings is 4. The van der Waals surface area contributed by atoms with Crippen LogP contribution in [0.3, 0.4) is 0 Å². The van der Waals surface area contributed by atoms with Gasteiger partial charge in [0.25, 0.3) is 5.91 Å². The molecule has 0 spiro atoms. The molecule has 0 aliphatic carbocycles. The van der Waals surface area contributed by atoms with E-state index in [1.807, 2.05) is 95.6 Å². The van der Waals surface area contributed by atoms with E-state index in [4.69, 9.17) is 21.1 Å². The van der Waals surface area contributed by atoms with E-state index in [2.05, 4.69) is 20.7 Å². The number of hydrazone groups is 1. The molecule has 0 unspecified atom stereocenters. The van der Waals surface area contributed by atoms with E-state index in [9.17, 15) is 4.79 Å². The highest BCUT2D eigenvalue weighted by atomic mass is 35.5. The molecule has 10 heteroatoms. The lowest BCUT2D eigenvalue weighted by Crippen LogP contribution is -2.20. The molecule has 0 radical (unpaired) electrons. The van der Waals surface area contributed by atoms with Gasteiger partial charge < -0.3 is 9.47 Å².